The van der Waals surface area contributed by atoms with Crippen LogP contribution in [0.25, 0.3) is 0 Å². The van der Waals surface area contributed by atoms with E-state index < -0.39 is 11.6 Å². The summed E-state index contributed by atoms with van der Waals surface area (Å²) in [5, 5.41) is 0.155. The van der Waals surface area contributed by atoms with Crippen LogP contribution in [0, 0.1) is 11.6 Å². The summed E-state index contributed by atoms with van der Waals surface area (Å²) in [5.74, 6) is -1.05. The summed E-state index contributed by atoms with van der Waals surface area (Å²) >= 11 is 1.18. The molecule has 0 aliphatic heterocycles. The zero-order valence-corrected chi connectivity index (χ0v) is 9.00. The molecule has 14 heavy (non-hydrogen) atoms. The molecule has 1 aromatic rings. The maximum absolute atomic E-state index is 13.3. The molecule has 0 atom stereocenters. The highest BCUT2D eigenvalue weighted by Crippen LogP contribution is 2.29. The molecule has 1 nitrogen and oxygen atoms in total. The van der Waals surface area contributed by atoms with Gasteiger partial charge in [0, 0.05) is 11.8 Å². The third kappa shape index (κ3) is 2.69. The van der Waals surface area contributed by atoms with Crippen LogP contribution >= 0.6 is 11.8 Å². The monoisotopic (exact) mass is 217 g/mol. The number of thioether (sulfide) groups is 1. The second-order valence-corrected chi connectivity index (χ2v) is 4.85. The Morgan fingerprint density at radius 1 is 1.29 bits per heavy atom. The van der Waals surface area contributed by atoms with E-state index >= 15 is 0 Å². The number of hydrogen-bond donors (Lipinski definition) is 1. The van der Waals surface area contributed by atoms with Gasteiger partial charge in [-0.05, 0) is 17.7 Å². The molecule has 0 aliphatic carbocycles. The third-order valence-electron chi connectivity index (χ3n) is 1.65. The van der Waals surface area contributed by atoms with Crippen LogP contribution in [0.3, 0.4) is 0 Å². The minimum absolute atomic E-state index is 0.0807. The molecule has 2 N–H and O–H groups in total. The van der Waals surface area contributed by atoms with Crippen LogP contribution in [-0.4, -0.2) is 5.25 Å². The lowest BCUT2D eigenvalue weighted by molar-refractivity contribution is 0.537. The highest BCUT2D eigenvalue weighted by molar-refractivity contribution is 7.99. The van der Waals surface area contributed by atoms with Gasteiger partial charge in [0.2, 0.25) is 0 Å². The first-order chi connectivity index (χ1) is 6.54. The third-order valence-corrected chi connectivity index (χ3v) is 2.74. The largest absolute Gasteiger partial charge is 0.326 e. The van der Waals surface area contributed by atoms with Gasteiger partial charge in [-0.2, -0.15) is 0 Å². The first-order valence-corrected chi connectivity index (χ1v) is 5.27. The van der Waals surface area contributed by atoms with Crippen molar-refractivity contribution in [1.29, 1.82) is 0 Å². The van der Waals surface area contributed by atoms with E-state index in [4.69, 9.17) is 5.73 Å². The van der Waals surface area contributed by atoms with E-state index in [1.54, 1.807) is 0 Å². The fourth-order valence-corrected chi connectivity index (χ4v) is 1.89. The van der Waals surface area contributed by atoms with E-state index in [1.165, 1.54) is 23.9 Å². The minimum Gasteiger partial charge on any atom is -0.326 e. The predicted molar refractivity (Wildman–Crippen MR) is 55.2 cm³/mol. The van der Waals surface area contributed by atoms with Gasteiger partial charge in [0.15, 0.2) is 0 Å². The zero-order valence-electron chi connectivity index (χ0n) is 8.18. The Morgan fingerprint density at radius 2 is 1.79 bits per heavy atom. The van der Waals surface area contributed by atoms with Crippen LogP contribution in [0.2, 0.25) is 0 Å². The topological polar surface area (TPSA) is 26.0 Å². The molecule has 0 radical (unpaired) electrons. The van der Waals surface area contributed by atoms with Gasteiger partial charge in [-0.3, -0.25) is 0 Å². The Kier molecular flexibility index (Phi) is 3.89. The number of halogens is 2. The van der Waals surface area contributed by atoms with Crippen LogP contribution < -0.4 is 5.73 Å². The Labute approximate surface area is 86.7 Å². The van der Waals surface area contributed by atoms with E-state index in [2.05, 4.69) is 0 Å². The molecule has 0 saturated carbocycles. The molecule has 0 bridgehead atoms. The van der Waals surface area contributed by atoms with E-state index in [9.17, 15) is 8.78 Å². The van der Waals surface area contributed by atoms with Crippen molar-refractivity contribution in [2.24, 2.45) is 5.73 Å². The summed E-state index contributed by atoms with van der Waals surface area (Å²) in [4.78, 5) is 0.0807. The fraction of sp³-hybridized carbons (Fsp3) is 0.400. The number of hydrogen-bond acceptors (Lipinski definition) is 2. The molecular formula is C10H13F2NS. The predicted octanol–water partition coefficient (Wildman–Crippen LogP) is 2.92. The highest BCUT2D eigenvalue weighted by atomic mass is 32.2. The van der Waals surface area contributed by atoms with Crippen LogP contribution in [0.15, 0.2) is 17.0 Å². The van der Waals surface area contributed by atoms with Crippen molar-refractivity contribution in [2.45, 2.75) is 30.5 Å². The average molecular weight is 217 g/mol. The smallest absolute Gasteiger partial charge is 0.140 e. The SMILES string of the molecule is CC(C)Sc1c(F)cc(CN)cc1F. The zero-order chi connectivity index (χ0) is 10.7. The number of benzene rings is 1. The molecule has 78 valence electrons. The normalized spacial score (nSPS) is 11.0. The first kappa shape index (κ1) is 11.5. The molecule has 4 heteroatoms. The van der Waals surface area contributed by atoms with Gasteiger partial charge in [0.1, 0.15) is 11.6 Å². The molecule has 0 unspecified atom stereocenters. The fourth-order valence-electron chi connectivity index (χ4n) is 1.08. The summed E-state index contributed by atoms with van der Waals surface area (Å²) < 4.78 is 26.7. The van der Waals surface area contributed by atoms with Crippen molar-refractivity contribution in [3.8, 4) is 0 Å². The lowest BCUT2D eigenvalue weighted by atomic mass is 10.2. The maximum Gasteiger partial charge on any atom is 0.140 e. The van der Waals surface area contributed by atoms with Gasteiger partial charge in [-0.15, -0.1) is 11.8 Å². The molecule has 0 amide bonds. The lowest BCUT2D eigenvalue weighted by Crippen LogP contribution is -2.00. The molecule has 0 aromatic heterocycles. The summed E-state index contributed by atoms with van der Waals surface area (Å²) in [7, 11) is 0. The van der Waals surface area contributed by atoms with Gasteiger partial charge in [0.25, 0.3) is 0 Å². The summed E-state index contributed by atoms with van der Waals surface area (Å²) in [5.41, 5.74) is 5.78. The van der Waals surface area contributed by atoms with Gasteiger partial charge >= 0.3 is 0 Å². The quantitative estimate of drug-likeness (QED) is 0.788. The molecule has 0 aliphatic rings. The highest BCUT2D eigenvalue weighted by Gasteiger charge is 2.12. The lowest BCUT2D eigenvalue weighted by Gasteiger charge is -2.08. The van der Waals surface area contributed by atoms with E-state index in [0.29, 0.717) is 5.56 Å². The van der Waals surface area contributed by atoms with Crippen molar-refractivity contribution in [3.05, 3.63) is 29.3 Å². The Balaban J connectivity index is 3.05. The van der Waals surface area contributed by atoms with Crippen LogP contribution in [0.4, 0.5) is 8.78 Å². The Morgan fingerprint density at radius 3 is 2.14 bits per heavy atom. The average Bonchev–Trinajstić information content (AvgIpc) is 2.10. The number of rotatable bonds is 3. The van der Waals surface area contributed by atoms with Crippen molar-refractivity contribution >= 4 is 11.8 Å². The minimum atomic E-state index is -0.524. The summed E-state index contributed by atoms with van der Waals surface area (Å²) in [6, 6.07) is 2.57. The van der Waals surface area contributed by atoms with E-state index in [0.717, 1.165) is 0 Å². The molecule has 0 spiro atoms. The molecule has 0 saturated heterocycles. The van der Waals surface area contributed by atoms with Gasteiger partial charge in [-0.25, -0.2) is 8.78 Å². The summed E-state index contributed by atoms with van der Waals surface area (Å²) in [6.07, 6.45) is 0. The van der Waals surface area contributed by atoms with Crippen molar-refractivity contribution in [3.63, 3.8) is 0 Å². The molecule has 0 heterocycles. The van der Waals surface area contributed by atoms with Gasteiger partial charge in [0.05, 0.1) is 4.90 Å². The summed E-state index contributed by atoms with van der Waals surface area (Å²) in [6.45, 7) is 3.93. The van der Waals surface area contributed by atoms with Crippen molar-refractivity contribution < 1.29 is 8.78 Å². The van der Waals surface area contributed by atoms with Crippen LogP contribution in [-0.2, 0) is 6.54 Å². The maximum atomic E-state index is 13.3. The first-order valence-electron chi connectivity index (χ1n) is 4.39. The number of nitrogens with two attached hydrogens (primary N) is 1. The molecular weight excluding hydrogens is 204 g/mol. The van der Waals surface area contributed by atoms with E-state index in [1.807, 2.05) is 13.8 Å². The van der Waals surface area contributed by atoms with Crippen LogP contribution in [0.1, 0.15) is 19.4 Å². The standard InChI is InChI=1S/C10H13F2NS/c1-6(2)14-10-8(11)3-7(5-13)4-9(10)12/h3-4,6H,5,13H2,1-2H3. The Hall–Kier alpha value is -0.610. The van der Waals surface area contributed by atoms with E-state index in [-0.39, 0.29) is 16.7 Å². The second-order valence-electron chi connectivity index (χ2n) is 3.26. The molecule has 1 aromatic carbocycles. The van der Waals surface area contributed by atoms with Crippen molar-refractivity contribution in [1.82, 2.24) is 0 Å². The Bertz CT molecular complexity index is 303. The molecule has 1 rings (SSSR count). The van der Waals surface area contributed by atoms with Gasteiger partial charge in [-0.1, -0.05) is 13.8 Å². The van der Waals surface area contributed by atoms with Crippen LogP contribution in [0.5, 0.6) is 0 Å². The van der Waals surface area contributed by atoms with Crippen molar-refractivity contribution in [2.75, 3.05) is 0 Å². The second kappa shape index (κ2) is 4.75. The van der Waals surface area contributed by atoms with Gasteiger partial charge < -0.3 is 5.73 Å². The molecule has 0 fully saturated rings.